The molecule has 0 aliphatic rings. The minimum absolute atomic E-state index is 0.0835. The van der Waals surface area contributed by atoms with E-state index in [4.69, 9.17) is 14.2 Å². The first-order chi connectivity index (χ1) is 10.6. The molecule has 0 saturated carbocycles. The third-order valence-corrected chi connectivity index (χ3v) is 2.84. The maximum atomic E-state index is 11.0. The Morgan fingerprint density at radius 3 is 2.00 bits per heavy atom. The van der Waals surface area contributed by atoms with Crippen LogP contribution >= 0.6 is 0 Å². The van der Waals surface area contributed by atoms with Gasteiger partial charge in [-0.15, -0.1) is 15.0 Å². The van der Waals surface area contributed by atoms with Crippen molar-refractivity contribution in [3.63, 3.8) is 0 Å². The van der Waals surface area contributed by atoms with Gasteiger partial charge >= 0.3 is 18.0 Å². The summed E-state index contributed by atoms with van der Waals surface area (Å²) in [6.45, 7) is 1.58. The number of carbonyl (C=O) groups excluding carboxylic acids is 1. The van der Waals surface area contributed by atoms with Crippen LogP contribution in [0.2, 0.25) is 0 Å². The normalized spacial score (nSPS) is 10.1. The van der Waals surface area contributed by atoms with Crippen molar-refractivity contribution < 1.29 is 19.0 Å². The highest BCUT2D eigenvalue weighted by molar-refractivity contribution is 5.75. The van der Waals surface area contributed by atoms with Crippen molar-refractivity contribution >= 4 is 5.78 Å². The quantitative estimate of drug-likeness (QED) is 0.775. The minimum atomic E-state index is 0.0835. The van der Waals surface area contributed by atoms with E-state index in [-0.39, 0.29) is 23.8 Å². The molecule has 1 aromatic heterocycles. The maximum Gasteiger partial charge on any atom is 0.331 e. The van der Waals surface area contributed by atoms with Crippen LogP contribution in [0.25, 0.3) is 0 Å². The lowest BCUT2D eigenvalue weighted by Crippen LogP contribution is -2.01. The molecule has 0 amide bonds. The highest BCUT2D eigenvalue weighted by Crippen LogP contribution is 2.21. The Bertz CT molecular complexity index is 621. The monoisotopic (exact) mass is 303 g/mol. The standard InChI is InChI=1S/C15H17N3O4/c1-10(19)4-5-11-6-8-12(9-7-11)22-15-17-13(20-2)16-14(18-15)21-3/h6-9H,4-5H2,1-3H3. The summed E-state index contributed by atoms with van der Waals surface area (Å²) >= 11 is 0. The zero-order chi connectivity index (χ0) is 15.9. The van der Waals surface area contributed by atoms with Gasteiger partial charge in [0.2, 0.25) is 0 Å². The van der Waals surface area contributed by atoms with Crippen molar-refractivity contribution in [3.8, 4) is 23.8 Å². The van der Waals surface area contributed by atoms with Gasteiger partial charge in [0.1, 0.15) is 11.5 Å². The number of aromatic nitrogens is 3. The molecule has 0 bridgehead atoms. The summed E-state index contributed by atoms with van der Waals surface area (Å²) in [5.74, 6) is 0.742. The molecule has 116 valence electrons. The summed E-state index contributed by atoms with van der Waals surface area (Å²) in [5, 5.41) is 0. The van der Waals surface area contributed by atoms with Crippen LogP contribution in [-0.4, -0.2) is 35.0 Å². The third kappa shape index (κ3) is 4.41. The molecule has 1 heterocycles. The fraction of sp³-hybridized carbons (Fsp3) is 0.333. The van der Waals surface area contributed by atoms with Gasteiger partial charge in [0, 0.05) is 6.42 Å². The molecule has 2 rings (SSSR count). The van der Waals surface area contributed by atoms with Gasteiger partial charge in [-0.3, -0.25) is 0 Å². The Hall–Kier alpha value is -2.70. The molecule has 1 aromatic carbocycles. The van der Waals surface area contributed by atoms with Crippen LogP contribution in [0.1, 0.15) is 18.9 Å². The van der Waals surface area contributed by atoms with E-state index in [0.717, 1.165) is 5.56 Å². The van der Waals surface area contributed by atoms with E-state index >= 15 is 0 Å². The van der Waals surface area contributed by atoms with Crippen LogP contribution in [0, 0.1) is 0 Å². The van der Waals surface area contributed by atoms with Gasteiger partial charge in [-0.05, 0) is 31.0 Å². The molecule has 0 unspecified atom stereocenters. The number of aryl methyl sites for hydroxylation is 1. The first kappa shape index (κ1) is 15.7. The van der Waals surface area contributed by atoms with Crippen LogP contribution in [0.3, 0.4) is 0 Å². The SMILES string of the molecule is COc1nc(OC)nc(Oc2ccc(CCC(C)=O)cc2)n1. The van der Waals surface area contributed by atoms with E-state index in [9.17, 15) is 4.79 Å². The first-order valence-electron chi connectivity index (χ1n) is 6.71. The van der Waals surface area contributed by atoms with Gasteiger partial charge in [0.25, 0.3) is 0 Å². The number of ketones is 1. The lowest BCUT2D eigenvalue weighted by atomic mass is 10.1. The number of carbonyl (C=O) groups is 1. The maximum absolute atomic E-state index is 11.0. The smallest absolute Gasteiger partial charge is 0.331 e. The molecule has 0 aliphatic carbocycles. The summed E-state index contributed by atoms with van der Waals surface area (Å²) in [6.07, 6.45) is 1.24. The van der Waals surface area contributed by atoms with E-state index < -0.39 is 0 Å². The lowest BCUT2D eigenvalue weighted by molar-refractivity contribution is -0.116. The van der Waals surface area contributed by atoms with Crippen molar-refractivity contribution in [1.82, 2.24) is 15.0 Å². The van der Waals surface area contributed by atoms with E-state index in [0.29, 0.717) is 18.6 Å². The summed E-state index contributed by atoms with van der Waals surface area (Å²) in [5.41, 5.74) is 1.06. The molecule has 0 fully saturated rings. The van der Waals surface area contributed by atoms with Crippen molar-refractivity contribution in [2.24, 2.45) is 0 Å². The average molecular weight is 303 g/mol. The summed E-state index contributed by atoms with van der Waals surface area (Å²) in [7, 11) is 2.89. The van der Waals surface area contributed by atoms with Gasteiger partial charge in [-0.1, -0.05) is 12.1 Å². The Balaban J connectivity index is 2.08. The van der Waals surface area contributed by atoms with Gasteiger partial charge in [-0.25, -0.2) is 0 Å². The van der Waals surface area contributed by atoms with Crippen molar-refractivity contribution in [2.45, 2.75) is 19.8 Å². The fourth-order valence-corrected chi connectivity index (χ4v) is 1.70. The minimum Gasteiger partial charge on any atom is -0.467 e. The Kier molecular flexibility index (Phi) is 5.24. The third-order valence-electron chi connectivity index (χ3n) is 2.84. The summed E-state index contributed by atoms with van der Waals surface area (Å²) in [6, 6.07) is 7.68. The largest absolute Gasteiger partial charge is 0.467 e. The highest BCUT2D eigenvalue weighted by Gasteiger charge is 2.09. The molecule has 0 spiro atoms. The summed E-state index contributed by atoms with van der Waals surface area (Å²) in [4.78, 5) is 22.8. The topological polar surface area (TPSA) is 83.4 Å². The molecular formula is C15H17N3O4. The molecule has 22 heavy (non-hydrogen) atoms. The van der Waals surface area contributed by atoms with Crippen molar-refractivity contribution in [2.75, 3.05) is 14.2 Å². The first-order valence-corrected chi connectivity index (χ1v) is 6.71. The zero-order valence-electron chi connectivity index (χ0n) is 12.7. The Morgan fingerprint density at radius 2 is 1.50 bits per heavy atom. The van der Waals surface area contributed by atoms with E-state index in [1.54, 1.807) is 19.1 Å². The number of ether oxygens (including phenoxy) is 3. The van der Waals surface area contributed by atoms with Crippen molar-refractivity contribution in [1.29, 1.82) is 0 Å². The van der Waals surface area contributed by atoms with E-state index in [1.165, 1.54) is 14.2 Å². The van der Waals surface area contributed by atoms with E-state index in [1.807, 2.05) is 12.1 Å². The van der Waals surface area contributed by atoms with Crippen LogP contribution in [0.5, 0.6) is 23.8 Å². The van der Waals surface area contributed by atoms with Gasteiger partial charge in [0.05, 0.1) is 14.2 Å². The van der Waals surface area contributed by atoms with Crippen molar-refractivity contribution in [3.05, 3.63) is 29.8 Å². The number of nitrogens with zero attached hydrogens (tertiary/aromatic N) is 3. The molecule has 7 nitrogen and oxygen atoms in total. The van der Waals surface area contributed by atoms with Crippen LogP contribution in [0.15, 0.2) is 24.3 Å². The van der Waals surface area contributed by atoms with Crippen LogP contribution in [0.4, 0.5) is 0 Å². The predicted molar refractivity (Wildman–Crippen MR) is 78.4 cm³/mol. The molecule has 0 aliphatic heterocycles. The fourth-order valence-electron chi connectivity index (χ4n) is 1.70. The number of hydrogen-bond acceptors (Lipinski definition) is 7. The second kappa shape index (κ2) is 7.35. The molecule has 7 heteroatoms. The molecule has 0 saturated heterocycles. The molecule has 0 atom stereocenters. The van der Waals surface area contributed by atoms with Crippen LogP contribution < -0.4 is 14.2 Å². The van der Waals surface area contributed by atoms with Gasteiger partial charge in [0.15, 0.2) is 0 Å². The number of hydrogen-bond donors (Lipinski definition) is 0. The van der Waals surface area contributed by atoms with Crippen LogP contribution in [-0.2, 0) is 11.2 Å². The van der Waals surface area contributed by atoms with E-state index in [2.05, 4.69) is 15.0 Å². The Morgan fingerprint density at radius 1 is 0.955 bits per heavy atom. The van der Waals surface area contributed by atoms with Gasteiger partial charge in [-0.2, -0.15) is 0 Å². The number of methoxy groups -OCH3 is 2. The molecular weight excluding hydrogens is 286 g/mol. The average Bonchev–Trinajstić information content (AvgIpc) is 2.53. The summed E-state index contributed by atoms with van der Waals surface area (Å²) < 4.78 is 15.5. The lowest BCUT2D eigenvalue weighted by Gasteiger charge is -2.07. The number of rotatable bonds is 7. The predicted octanol–water partition coefficient (Wildman–Crippen LogP) is 2.20. The Labute approximate surface area is 128 Å². The molecule has 0 radical (unpaired) electrons. The second-order valence-corrected chi connectivity index (χ2v) is 4.54. The molecule has 0 N–H and O–H groups in total. The molecule has 2 aromatic rings. The zero-order valence-corrected chi connectivity index (χ0v) is 12.7. The second-order valence-electron chi connectivity index (χ2n) is 4.54. The van der Waals surface area contributed by atoms with Gasteiger partial charge < -0.3 is 19.0 Å². The number of Topliss-reactive ketones (excluding diaryl/α,β-unsaturated/α-hetero) is 1. The number of benzene rings is 1. The highest BCUT2D eigenvalue weighted by atomic mass is 16.5.